The number of benzene rings is 2. The zero-order valence-corrected chi connectivity index (χ0v) is 10.5. The van der Waals surface area contributed by atoms with Crippen molar-refractivity contribution >= 4 is 23.2 Å². The van der Waals surface area contributed by atoms with E-state index in [0.717, 1.165) is 0 Å². The lowest BCUT2D eigenvalue weighted by molar-refractivity contribution is 0.627. The summed E-state index contributed by atoms with van der Waals surface area (Å²) in [5.41, 5.74) is 2.12. The second kappa shape index (κ2) is 5.09. The fourth-order valence-electron chi connectivity index (χ4n) is 1.94. The smallest absolute Gasteiger partial charge is 0.274 e. The van der Waals surface area contributed by atoms with Crippen LogP contribution in [0.4, 0.5) is 4.39 Å². The van der Waals surface area contributed by atoms with Gasteiger partial charge in [-0.15, -0.1) is 0 Å². The normalized spacial score (nSPS) is 11.2. The number of halogens is 1. The van der Waals surface area contributed by atoms with Crippen LogP contribution in [-0.2, 0) is 0 Å². The van der Waals surface area contributed by atoms with Crippen LogP contribution in [0.5, 0.6) is 0 Å². The number of hydrogen-bond donors (Lipinski definition) is 1. The molecule has 0 bridgehead atoms. The average Bonchev–Trinajstić information content (AvgIpc) is 2.45. The number of para-hydroxylation sites is 2. The van der Waals surface area contributed by atoms with Gasteiger partial charge in [-0.3, -0.25) is 4.79 Å². The summed E-state index contributed by atoms with van der Waals surface area (Å²) in [5.74, 6) is -0.312. The minimum atomic E-state index is -0.312. The summed E-state index contributed by atoms with van der Waals surface area (Å²) >= 11 is 0. The molecule has 0 saturated carbocycles. The largest absolute Gasteiger partial charge is 0.319 e. The summed E-state index contributed by atoms with van der Waals surface area (Å²) in [6, 6.07) is 13.5. The van der Waals surface area contributed by atoms with Crippen molar-refractivity contribution in [1.82, 2.24) is 9.97 Å². The van der Waals surface area contributed by atoms with Crippen LogP contribution in [-0.4, -0.2) is 9.97 Å². The van der Waals surface area contributed by atoms with Gasteiger partial charge in [-0.25, -0.2) is 9.37 Å². The molecular formula is C16H11FN2O. The predicted octanol–water partition coefficient (Wildman–Crippen LogP) is 3.23. The van der Waals surface area contributed by atoms with Crippen LogP contribution in [0.3, 0.4) is 0 Å². The molecule has 1 heterocycles. The molecule has 0 amide bonds. The van der Waals surface area contributed by atoms with Crippen molar-refractivity contribution < 1.29 is 4.39 Å². The van der Waals surface area contributed by atoms with Crippen LogP contribution in [0.15, 0.2) is 53.3 Å². The number of nitrogens with one attached hydrogen (secondary N) is 1. The molecule has 98 valence electrons. The molecule has 3 aromatic rings. The minimum Gasteiger partial charge on any atom is -0.319 e. The molecule has 0 fully saturated rings. The maximum atomic E-state index is 13.1. The van der Waals surface area contributed by atoms with Gasteiger partial charge in [-0.1, -0.05) is 30.3 Å². The van der Waals surface area contributed by atoms with Gasteiger partial charge in [-0.2, -0.15) is 0 Å². The van der Waals surface area contributed by atoms with Crippen molar-refractivity contribution in [3.63, 3.8) is 0 Å². The van der Waals surface area contributed by atoms with Crippen molar-refractivity contribution in [2.24, 2.45) is 0 Å². The summed E-state index contributed by atoms with van der Waals surface area (Å²) in [6.07, 6.45) is 3.25. The zero-order chi connectivity index (χ0) is 13.9. The predicted molar refractivity (Wildman–Crippen MR) is 77.7 cm³/mol. The van der Waals surface area contributed by atoms with Crippen LogP contribution in [0.25, 0.3) is 23.2 Å². The van der Waals surface area contributed by atoms with Crippen LogP contribution < -0.4 is 5.56 Å². The number of H-pyrrole nitrogens is 1. The Balaban J connectivity index is 2.02. The van der Waals surface area contributed by atoms with Crippen molar-refractivity contribution in [2.45, 2.75) is 0 Å². The van der Waals surface area contributed by atoms with E-state index >= 15 is 0 Å². The topological polar surface area (TPSA) is 45.8 Å². The third kappa shape index (κ3) is 2.49. The first-order valence-electron chi connectivity index (χ1n) is 6.15. The number of aromatic nitrogens is 2. The average molecular weight is 266 g/mol. The molecule has 0 saturated heterocycles. The molecule has 3 rings (SSSR count). The molecule has 0 atom stereocenters. The monoisotopic (exact) mass is 266 g/mol. The van der Waals surface area contributed by atoms with E-state index in [1.165, 1.54) is 12.1 Å². The Morgan fingerprint density at radius 3 is 2.75 bits per heavy atom. The van der Waals surface area contributed by atoms with Crippen molar-refractivity contribution in [2.75, 3.05) is 0 Å². The van der Waals surface area contributed by atoms with E-state index in [4.69, 9.17) is 0 Å². The van der Waals surface area contributed by atoms with Gasteiger partial charge in [0.1, 0.15) is 11.5 Å². The lowest BCUT2D eigenvalue weighted by atomic mass is 10.2. The van der Waals surface area contributed by atoms with Gasteiger partial charge in [-0.05, 0) is 35.9 Å². The van der Waals surface area contributed by atoms with E-state index in [-0.39, 0.29) is 11.4 Å². The summed E-state index contributed by atoms with van der Waals surface area (Å²) in [5, 5.41) is 0. The molecule has 2 aromatic carbocycles. The van der Waals surface area contributed by atoms with Crippen LogP contribution in [0, 0.1) is 5.82 Å². The van der Waals surface area contributed by atoms with Gasteiger partial charge in [0.25, 0.3) is 5.56 Å². The molecular weight excluding hydrogens is 255 g/mol. The lowest BCUT2D eigenvalue weighted by Crippen LogP contribution is -2.11. The Bertz CT molecular complexity index is 852. The fourth-order valence-corrected chi connectivity index (χ4v) is 1.94. The van der Waals surface area contributed by atoms with Gasteiger partial charge in [0.15, 0.2) is 0 Å². The van der Waals surface area contributed by atoms with Gasteiger partial charge in [0.05, 0.1) is 11.0 Å². The third-order valence-corrected chi connectivity index (χ3v) is 2.91. The number of nitrogens with zero attached hydrogens (tertiary/aromatic N) is 1. The quantitative estimate of drug-likeness (QED) is 0.774. The van der Waals surface area contributed by atoms with Crippen LogP contribution in [0.1, 0.15) is 11.3 Å². The molecule has 0 aliphatic heterocycles. The number of rotatable bonds is 2. The van der Waals surface area contributed by atoms with E-state index in [9.17, 15) is 9.18 Å². The zero-order valence-electron chi connectivity index (χ0n) is 10.5. The highest BCUT2D eigenvalue weighted by atomic mass is 19.1. The fraction of sp³-hybridized carbons (Fsp3) is 0. The third-order valence-electron chi connectivity index (χ3n) is 2.91. The van der Waals surface area contributed by atoms with Gasteiger partial charge < -0.3 is 4.98 Å². The first-order valence-corrected chi connectivity index (χ1v) is 6.15. The lowest BCUT2D eigenvalue weighted by Gasteiger charge is -1.98. The SMILES string of the molecule is O=c1[nH]c2ccccc2nc1/C=C/c1cccc(F)c1. The molecule has 0 spiro atoms. The number of fused-ring (bicyclic) bond motifs is 1. The van der Waals surface area contributed by atoms with Crippen LogP contribution in [0.2, 0.25) is 0 Å². The molecule has 0 aliphatic rings. The second-order valence-corrected chi connectivity index (χ2v) is 4.36. The molecule has 1 N–H and O–H groups in total. The molecule has 20 heavy (non-hydrogen) atoms. The number of hydrogen-bond acceptors (Lipinski definition) is 2. The van der Waals surface area contributed by atoms with Crippen LogP contribution >= 0.6 is 0 Å². The van der Waals surface area contributed by atoms with Crippen molar-refractivity contribution in [3.8, 4) is 0 Å². The van der Waals surface area contributed by atoms with Gasteiger partial charge in [0, 0.05) is 0 Å². The Hall–Kier alpha value is -2.75. The standard InChI is InChI=1S/C16H11FN2O/c17-12-5-3-4-11(10-12)8-9-15-16(20)19-14-7-2-1-6-13(14)18-15/h1-10H,(H,19,20)/b9-8+. The molecule has 4 heteroatoms. The second-order valence-electron chi connectivity index (χ2n) is 4.36. The van der Waals surface area contributed by atoms with E-state index in [0.29, 0.717) is 22.3 Å². The van der Waals surface area contributed by atoms with E-state index in [2.05, 4.69) is 9.97 Å². The van der Waals surface area contributed by atoms with Gasteiger partial charge in [0.2, 0.25) is 0 Å². The molecule has 0 aliphatic carbocycles. The molecule has 0 unspecified atom stereocenters. The Morgan fingerprint density at radius 1 is 1.05 bits per heavy atom. The maximum Gasteiger partial charge on any atom is 0.274 e. The Morgan fingerprint density at radius 2 is 1.90 bits per heavy atom. The summed E-state index contributed by atoms with van der Waals surface area (Å²) in [6.45, 7) is 0. The van der Waals surface area contributed by atoms with E-state index in [1.54, 1.807) is 30.4 Å². The summed E-state index contributed by atoms with van der Waals surface area (Å²) in [7, 11) is 0. The van der Waals surface area contributed by atoms with E-state index in [1.807, 2.05) is 18.2 Å². The minimum absolute atomic E-state index is 0.267. The number of aromatic amines is 1. The van der Waals surface area contributed by atoms with Gasteiger partial charge >= 0.3 is 0 Å². The van der Waals surface area contributed by atoms with Crippen molar-refractivity contribution in [1.29, 1.82) is 0 Å². The highest BCUT2D eigenvalue weighted by Crippen LogP contribution is 2.09. The highest BCUT2D eigenvalue weighted by molar-refractivity contribution is 5.76. The first-order chi connectivity index (χ1) is 9.72. The molecule has 3 nitrogen and oxygen atoms in total. The first kappa shape index (κ1) is 12.3. The molecule has 1 aromatic heterocycles. The summed E-state index contributed by atoms with van der Waals surface area (Å²) < 4.78 is 13.1. The maximum absolute atomic E-state index is 13.1. The Labute approximate surface area is 114 Å². The van der Waals surface area contributed by atoms with E-state index < -0.39 is 0 Å². The summed E-state index contributed by atoms with van der Waals surface area (Å²) in [4.78, 5) is 18.9. The Kier molecular flexibility index (Phi) is 3.13. The molecule has 0 radical (unpaired) electrons. The van der Waals surface area contributed by atoms with Crippen molar-refractivity contribution in [3.05, 3.63) is 76.0 Å². The highest BCUT2D eigenvalue weighted by Gasteiger charge is 2.01.